The van der Waals surface area contributed by atoms with Crippen molar-refractivity contribution < 1.29 is 9.94 Å². The van der Waals surface area contributed by atoms with Crippen LogP contribution in [0.1, 0.15) is 42.9 Å². The molecule has 1 aliphatic carbocycles. The number of pyridine rings is 1. The smallest absolute Gasteiger partial charge is 0.219 e. The number of hydrogen-bond donors (Lipinski definition) is 1. The number of nitrogens with zero attached hydrogens (tertiary/aromatic N) is 3. The second-order valence-corrected chi connectivity index (χ2v) is 7.07. The molecular formula is C21H27N3O2. The van der Waals surface area contributed by atoms with Gasteiger partial charge in [0.15, 0.2) is 5.84 Å². The number of benzene rings is 1. The van der Waals surface area contributed by atoms with Crippen LogP contribution in [0.15, 0.2) is 41.7 Å². The lowest BCUT2D eigenvalue weighted by Gasteiger charge is -2.24. The molecule has 1 aromatic heterocycles. The van der Waals surface area contributed by atoms with Crippen LogP contribution in [-0.2, 0) is 0 Å². The fraction of sp³-hybridized carbons (Fsp3) is 0.429. The van der Waals surface area contributed by atoms with Gasteiger partial charge in [-0.25, -0.2) is 4.98 Å². The summed E-state index contributed by atoms with van der Waals surface area (Å²) < 4.78 is 5.89. The van der Waals surface area contributed by atoms with E-state index in [9.17, 15) is 5.21 Å². The highest BCUT2D eigenvalue weighted by Gasteiger charge is 2.26. The number of ether oxygens (including phenoxy) is 1. The zero-order valence-corrected chi connectivity index (χ0v) is 15.8. The molecule has 1 saturated carbocycles. The lowest BCUT2D eigenvalue weighted by atomic mass is 10.1. The molecule has 0 atom stereocenters. The molecule has 1 aromatic carbocycles. The Morgan fingerprint density at radius 1 is 1.27 bits per heavy atom. The molecule has 0 amide bonds. The van der Waals surface area contributed by atoms with Crippen LogP contribution in [-0.4, -0.2) is 34.0 Å². The van der Waals surface area contributed by atoms with Gasteiger partial charge in [-0.3, -0.25) is 0 Å². The zero-order valence-electron chi connectivity index (χ0n) is 15.8. The molecule has 26 heavy (non-hydrogen) atoms. The van der Waals surface area contributed by atoms with E-state index in [1.165, 1.54) is 18.4 Å². The molecule has 1 aliphatic rings. The Hall–Kier alpha value is -2.56. The highest BCUT2D eigenvalue weighted by atomic mass is 16.5. The summed E-state index contributed by atoms with van der Waals surface area (Å²) >= 11 is 0. The predicted octanol–water partition coefficient (Wildman–Crippen LogP) is 4.75. The van der Waals surface area contributed by atoms with E-state index in [1.807, 2.05) is 31.2 Å². The molecule has 138 valence electrons. The fourth-order valence-corrected chi connectivity index (χ4v) is 3.07. The highest BCUT2D eigenvalue weighted by Crippen LogP contribution is 2.30. The minimum atomic E-state index is 0.530. The molecule has 2 aromatic rings. The van der Waals surface area contributed by atoms with Gasteiger partial charge in [0.05, 0.1) is 0 Å². The van der Waals surface area contributed by atoms with E-state index >= 15 is 0 Å². The van der Waals surface area contributed by atoms with Crippen molar-refractivity contribution in [2.24, 2.45) is 11.1 Å². The van der Waals surface area contributed by atoms with Crippen molar-refractivity contribution in [3.63, 3.8) is 0 Å². The maximum Gasteiger partial charge on any atom is 0.219 e. The lowest BCUT2D eigenvalue weighted by Crippen LogP contribution is -2.34. The predicted molar refractivity (Wildman–Crippen MR) is 103 cm³/mol. The highest BCUT2D eigenvalue weighted by molar-refractivity contribution is 5.98. The Kier molecular flexibility index (Phi) is 5.76. The molecule has 5 heteroatoms. The summed E-state index contributed by atoms with van der Waals surface area (Å²) in [5, 5.41) is 13.1. The van der Waals surface area contributed by atoms with E-state index in [2.05, 4.69) is 35.0 Å². The molecular weight excluding hydrogens is 326 g/mol. The SMILES string of the molecule is CCCN(CC1CC1)/C(=N\O)c1ccc(Oc2ccc(C)cc2C)nc1. The summed E-state index contributed by atoms with van der Waals surface area (Å²) in [6, 6.07) is 9.78. The first-order valence-electron chi connectivity index (χ1n) is 9.29. The molecule has 0 unspecified atom stereocenters. The van der Waals surface area contributed by atoms with Gasteiger partial charge in [0.1, 0.15) is 5.75 Å². The third-order valence-corrected chi connectivity index (χ3v) is 4.60. The van der Waals surface area contributed by atoms with Gasteiger partial charge in [0.2, 0.25) is 5.88 Å². The molecule has 3 rings (SSSR count). The number of hydrogen-bond acceptors (Lipinski definition) is 4. The Labute approximate surface area is 155 Å². The Morgan fingerprint density at radius 2 is 2.08 bits per heavy atom. The first-order chi connectivity index (χ1) is 12.6. The molecule has 0 radical (unpaired) electrons. The van der Waals surface area contributed by atoms with Gasteiger partial charge >= 0.3 is 0 Å². The molecule has 1 heterocycles. The quantitative estimate of drug-likeness (QED) is 0.338. The van der Waals surface area contributed by atoms with E-state index < -0.39 is 0 Å². The fourth-order valence-electron chi connectivity index (χ4n) is 3.07. The number of rotatable bonds is 7. The molecule has 0 saturated heterocycles. The summed E-state index contributed by atoms with van der Waals surface area (Å²) in [6.45, 7) is 8.02. The van der Waals surface area contributed by atoms with Crippen LogP contribution >= 0.6 is 0 Å². The van der Waals surface area contributed by atoms with Gasteiger partial charge in [-0.05, 0) is 56.7 Å². The monoisotopic (exact) mass is 353 g/mol. The van der Waals surface area contributed by atoms with Crippen LogP contribution in [0.2, 0.25) is 0 Å². The third kappa shape index (κ3) is 4.54. The van der Waals surface area contributed by atoms with E-state index in [-0.39, 0.29) is 0 Å². The van der Waals surface area contributed by atoms with E-state index in [1.54, 1.807) is 6.20 Å². The minimum absolute atomic E-state index is 0.530. The van der Waals surface area contributed by atoms with Crippen molar-refractivity contribution in [3.8, 4) is 11.6 Å². The normalized spacial score (nSPS) is 14.3. The summed E-state index contributed by atoms with van der Waals surface area (Å²) in [6.07, 6.45) is 5.25. The summed E-state index contributed by atoms with van der Waals surface area (Å²) in [4.78, 5) is 6.55. The average molecular weight is 353 g/mol. The van der Waals surface area contributed by atoms with Gasteiger partial charge in [-0.15, -0.1) is 0 Å². The van der Waals surface area contributed by atoms with Gasteiger partial charge in [-0.2, -0.15) is 0 Å². The van der Waals surface area contributed by atoms with Gasteiger partial charge in [-0.1, -0.05) is 29.8 Å². The van der Waals surface area contributed by atoms with Crippen LogP contribution in [0.25, 0.3) is 0 Å². The largest absolute Gasteiger partial charge is 0.439 e. The number of amidine groups is 1. The standard InChI is InChI=1S/C21H27N3O2/c1-4-11-24(14-17-6-7-17)21(23-25)18-8-10-20(22-13-18)26-19-9-5-15(2)12-16(19)3/h5,8-10,12-13,17,25H,4,6-7,11,14H2,1-3H3/b23-21-. The van der Waals surface area contributed by atoms with Crippen molar-refractivity contribution in [1.82, 2.24) is 9.88 Å². The van der Waals surface area contributed by atoms with Crippen molar-refractivity contribution in [2.45, 2.75) is 40.0 Å². The summed E-state index contributed by atoms with van der Waals surface area (Å²) in [5.41, 5.74) is 3.08. The summed E-state index contributed by atoms with van der Waals surface area (Å²) in [7, 11) is 0. The first-order valence-corrected chi connectivity index (χ1v) is 9.29. The second kappa shape index (κ2) is 8.21. The first kappa shape index (κ1) is 18.2. The van der Waals surface area contributed by atoms with Gasteiger partial charge < -0.3 is 14.8 Å². The molecule has 0 spiro atoms. The van der Waals surface area contributed by atoms with Gasteiger partial charge in [0, 0.05) is 30.9 Å². The average Bonchev–Trinajstić information content (AvgIpc) is 3.44. The van der Waals surface area contributed by atoms with Crippen molar-refractivity contribution in [3.05, 3.63) is 53.2 Å². The third-order valence-electron chi connectivity index (χ3n) is 4.60. The number of aromatic nitrogens is 1. The molecule has 1 fully saturated rings. The molecule has 1 N–H and O–H groups in total. The minimum Gasteiger partial charge on any atom is -0.439 e. The van der Waals surface area contributed by atoms with E-state index in [0.717, 1.165) is 42.3 Å². The lowest BCUT2D eigenvalue weighted by molar-refractivity contribution is 0.297. The maximum atomic E-state index is 9.56. The maximum absolute atomic E-state index is 9.56. The van der Waals surface area contributed by atoms with Crippen LogP contribution < -0.4 is 4.74 Å². The summed E-state index contributed by atoms with van der Waals surface area (Å²) in [5.74, 6) is 2.64. The zero-order chi connectivity index (χ0) is 18.5. The van der Waals surface area contributed by atoms with Crippen LogP contribution in [0, 0.1) is 19.8 Å². The van der Waals surface area contributed by atoms with Crippen molar-refractivity contribution in [2.75, 3.05) is 13.1 Å². The number of oxime groups is 1. The van der Waals surface area contributed by atoms with Crippen LogP contribution in [0.3, 0.4) is 0 Å². The number of aryl methyl sites for hydroxylation is 2. The molecule has 0 aliphatic heterocycles. The van der Waals surface area contributed by atoms with Crippen molar-refractivity contribution >= 4 is 5.84 Å². The topological polar surface area (TPSA) is 58.0 Å². The Bertz CT molecular complexity index is 767. The Morgan fingerprint density at radius 3 is 2.65 bits per heavy atom. The van der Waals surface area contributed by atoms with Crippen LogP contribution in [0.4, 0.5) is 0 Å². The van der Waals surface area contributed by atoms with E-state index in [4.69, 9.17) is 4.74 Å². The molecule has 5 nitrogen and oxygen atoms in total. The van der Waals surface area contributed by atoms with E-state index in [0.29, 0.717) is 11.7 Å². The van der Waals surface area contributed by atoms with Gasteiger partial charge in [0.25, 0.3) is 0 Å². The Balaban J connectivity index is 1.74. The second-order valence-electron chi connectivity index (χ2n) is 7.07. The van der Waals surface area contributed by atoms with Crippen molar-refractivity contribution in [1.29, 1.82) is 0 Å². The van der Waals surface area contributed by atoms with Crippen LogP contribution in [0.5, 0.6) is 11.6 Å². The molecule has 0 bridgehead atoms.